The van der Waals surface area contributed by atoms with Gasteiger partial charge in [-0.2, -0.15) is 21.3 Å². The summed E-state index contributed by atoms with van der Waals surface area (Å²) in [6.45, 7) is 4.40. The third kappa shape index (κ3) is 5.35. The molecular weight excluding hydrogens is 486 g/mol. The first-order chi connectivity index (χ1) is 18.3. The van der Waals surface area contributed by atoms with E-state index in [0.29, 0.717) is 30.4 Å². The number of morpholine rings is 1. The van der Waals surface area contributed by atoms with Gasteiger partial charge in [0.05, 0.1) is 25.4 Å². The molecule has 3 aromatic heterocycles. The minimum atomic E-state index is 0.493. The smallest absolute Gasteiger partial charge is 0.231 e. The van der Waals surface area contributed by atoms with E-state index in [0.717, 1.165) is 49.1 Å². The standard InChI is InChI=1S/C27H27N7O2S/c1-2-4-23(5-3-1)36-14-11-28-25-24-26(34(19-29-24)22-10-17-37-18-22)32-27(31-25)30-20-6-8-21(9-7-20)33-12-15-35-16-13-33/h1-10,17-19H,11-16H2,(H2,28,30,31,32). The zero-order chi connectivity index (χ0) is 24.9. The Bertz CT molecular complexity index is 1430. The highest BCUT2D eigenvalue weighted by Gasteiger charge is 2.16. The molecule has 5 aromatic rings. The number of nitrogens with one attached hydrogen (secondary N) is 2. The van der Waals surface area contributed by atoms with Crippen LogP contribution in [0.4, 0.5) is 23.1 Å². The van der Waals surface area contributed by atoms with E-state index in [1.165, 1.54) is 5.69 Å². The molecule has 0 atom stereocenters. The van der Waals surface area contributed by atoms with Gasteiger partial charge in [-0.3, -0.25) is 4.57 Å². The molecule has 9 nitrogen and oxygen atoms in total. The second kappa shape index (κ2) is 10.9. The van der Waals surface area contributed by atoms with Gasteiger partial charge in [0.2, 0.25) is 5.95 Å². The number of ether oxygens (including phenoxy) is 2. The Labute approximate surface area is 218 Å². The highest BCUT2D eigenvalue weighted by molar-refractivity contribution is 7.08. The number of anilines is 4. The molecule has 0 unspecified atom stereocenters. The summed E-state index contributed by atoms with van der Waals surface area (Å²) in [4.78, 5) is 16.5. The molecule has 188 valence electrons. The molecule has 1 fully saturated rings. The van der Waals surface area contributed by atoms with Crippen LogP contribution in [-0.4, -0.2) is 59.0 Å². The van der Waals surface area contributed by atoms with Gasteiger partial charge in [0.15, 0.2) is 17.0 Å². The van der Waals surface area contributed by atoms with E-state index >= 15 is 0 Å². The quantitative estimate of drug-likeness (QED) is 0.268. The molecule has 6 rings (SSSR count). The first-order valence-electron chi connectivity index (χ1n) is 12.2. The number of para-hydroxylation sites is 1. The number of aromatic nitrogens is 4. The second-order valence-corrected chi connectivity index (χ2v) is 9.30. The Morgan fingerprint density at radius 3 is 2.57 bits per heavy atom. The van der Waals surface area contributed by atoms with Crippen molar-refractivity contribution in [2.45, 2.75) is 0 Å². The Balaban J connectivity index is 1.23. The number of fused-ring (bicyclic) bond motifs is 1. The number of benzene rings is 2. The molecule has 0 spiro atoms. The Kier molecular flexibility index (Phi) is 6.82. The van der Waals surface area contributed by atoms with Crippen molar-refractivity contribution in [1.82, 2.24) is 19.5 Å². The molecule has 10 heteroatoms. The van der Waals surface area contributed by atoms with Crippen molar-refractivity contribution in [2.24, 2.45) is 0 Å². The monoisotopic (exact) mass is 513 g/mol. The molecule has 2 N–H and O–H groups in total. The van der Waals surface area contributed by atoms with Crippen LogP contribution in [0.3, 0.4) is 0 Å². The average Bonchev–Trinajstić information content (AvgIpc) is 3.63. The van der Waals surface area contributed by atoms with Crippen LogP contribution in [0.15, 0.2) is 77.8 Å². The molecule has 0 bridgehead atoms. The predicted molar refractivity (Wildman–Crippen MR) is 148 cm³/mol. The Hall–Kier alpha value is -4.15. The third-order valence-electron chi connectivity index (χ3n) is 6.09. The maximum Gasteiger partial charge on any atom is 0.231 e. The van der Waals surface area contributed by atoms with E-state index in [-0.39, 0.29) is 0 Å². The maximum atomic E-state index is 5.83. The molecule has 2 aromatic carbocycles. The molecule has 1 aliphatic heterocycles. The topological polar surface area (TPSA) is 89.4 Å². The number of rotatable bonds is 9. The summed E-state index contributed by atoms with van der Waals surface area (Å²) in [6, 6.07) is 20.1. The molecule has 1 aliphatic rings. The van der Waals surface area contributed by atoms with E-state index in [1.54, 1.807) is 17.7 Å². The molecule has 1 saturated heterocycles. The van der Waals surface area contributed by atoms with Crippen molar-refractivity contribution in [3.8, 4) is 11.4 Å². The lowest BCUT2D eigenvalue weighted by Crippen LogP contribution is -2.36. The van der Waals surface area contributed by atoms with Gasteiger partial charge in [0.25, 0.3) is 0 Å². The summed E-state index contributed by atoms with van der Waals surface area (Å²) < 4.78 is 13.3. The average molecular weight is 514 g/mol. The summed E-state index contributed by atoms with van der Waals surface area (Å²) in [5, 5.41) is 10.9. The lowest BCUT2D eigenvalue weighted by atomic mass is 10.2. The summed E-state index contributed by atoms with van der Waals surface area (Å²) in [7, 11) is 0. The molecule has 37 heavy (non-hydrogen) atoms. The van der Waals surface area contributed by atoms with E-state index in [1.807, 2.05) is 46.3 Å². The highest BCUT2D eigenvalue weighted by Crippen LogP contribution is 2.27. The Morgan fingerprint density at radius 1 is 0.946 bits per heavy atom. The predicted octanol–water partition coefficient (Wildman–Crippen LogP) is 4.95. The van der Waals surface area contributed by atoms with Crippen LogP contribution in [0, 0.1) is 0 Å². The van der Waals surface area contributed by atoms with Gasteiger partial charge in [0.1, 0.15) is 18.7 Å². The molecule has 4 heterocycles. The molecule has 0 amide bonds. The fourth-order valence-electron chi connectivity index (χ4n) is 4.22. The van der Waals surface area contributed by atoms with Crippen LogP contribution in [0.25, 0.3) is 16.9 Å². The lowest BCUT2D eigenvalue weighted by molar-refractivity contribution is 0.122. The molecule has 0 saturated carbocycles. The zero-order valence-corrected chi connectivity index (χ0v) is 21.0. The van der Waals surface area contributed by atoms with Gasteiger partial charge in [-0.25, -0.2) is 4.98 Å². The van der Waals surface area contributed by atoms with Crippen LogP contribution < -0.4 is 20.3 Å². The summed E-state index contributed by atoms with van der Waals surface area (Å²) in [6.07, 6.45) is 1.79. The summed E-state index contributed by atoms with van der Waals surface area (Å²) in [5.41, 5.74) is 4.55. The number of hydrogen-bond donors (Lipinski definition) is 2. The normalized spacial score (nSPS) is 13.6. The number of hydrogen-bond acceptors (Lipinski definition) is 9. The van der Waals surface area contributed by atoms with Gasteiger partial charge in [-0.05, 0) is 47.8 Å². The first kappa shape index (κ1) is 23.3. The summed E-state index contributed by atoms with van der Waals surface area (Å²) in [5.74, 6) is 1.99. The third-order valence-corrected chi connectivity index (χ3v) is 6.76. The molecular formula is C27H27N7O2S. The van der Waals surface area contributed by atoms with Crippen molar-refractivity contribution in [3.63, 3.8) is 0 Å². The van der Waals surface area contributed by atoms with Crippen molar-refractivity contribution in [3.05, 3.63) is 77.8 Å². The minimum Gasteiger partial charge on any atom is -0.492 e. The minimum absolute atomic E-state index is 0.493. The fourth-order valence-corrected chi connectivity index (χ4v) is 4.85. The number of nitrogens with zero attached hydrogens (tertiary/aromatic N) is 5. The van der Waals surface area contributed by atoms with Gasteiger partial charge < -0.3 is 25.0 Å². The lowest BCUT2D eigenvalue weighted by Gasteiger charge is -2.28. The molecule has 0 radical (unpaired) electrons. The van der Waals surface area contributed by atoms with Gasteiger partial charge in [-0.1, -0.05) is 18.2 Å². The van der Waals surface area contributed by atoms with Crippen LogP contribution in [0.5, 0.6) is 5.75 Å². The Morgan fingerprint density at radius 2 is 1.78 bits per heavy atom. The largest absolute Gasteiger partial charge is 0.492 e. The fraction of sp³-hybridized carbons (Fsp3) is 0.222. The molecule has 0 aliphatic carbocycles. The maximum absolute atomic E-state index is 5.83. The van der Waals surface area contributed by atoms with Gasteiger partial charge in [-0.15, -0.1) is 0 Å². The van der Waals surface area contributed by atoms with Gasteiger partial charge in [0, 0.05) is 29.8 Å². The summed E-state index contributed by atoms with van der Waals surface area (Å²) >= 11 is 1.63. The zero-order valence-electron chi connectivity index (χ0n) is 20.2. The van der Waals surface area contributed by atoms with Crippen LogP contribution in [0.1, 0.15) is 0 Å². The second-order valence-electron chi connectivity index (χ2n) is 8.52. The van der Waals surface area contributed by atoms with Crippen molar-refractivity contribution in [1.29, 1.82) is 0 Å². The van der Waals surface area contributed by atoms with E-state index < -0.39 is 0 Å². The van der Waals surface area contributed by atoms with E-state index in [2.05, 4.69) is 50.2 Å². The van der Waals surface area contributed by atoms with Crippen molar-refractivity contribution in [2.75, 3.05) is 55.0 Å². The SMILES string of the molecule is c1ccc(OCCNc2nc(Nc3ccc(N4CCOCC4)cc3)nc3c2ncn3-c2ccsc2)cc1. The van der Waals surface area contributed by atoms with Gasteiger partial charge >= 0.3 is 0 Å². The van der Waals surface area contributed by atoms with Crippen molar-refractivity contribution < 1.29 is 9.47 Å². The van der Waals surface area contributed by atoms with Crippen LogP contribution in [-0.2, 0) is 4.74 Å². The van der Waals surface area contributed by atoms with Crippen LogP contribution in [0.2, 0.25) is 0 Å². The van der Waals surface area contributed by atoms with Crippen molar-refractivity contribution >= 4 is 45.6 Å². The van der Waals surface area contributed by atoms with Crippen LogP contribution >= 0.6 is 11.3 Å². The number of imidazole rings is 1. The van der Waals surface area contributed by atoms with E-state index in [4.69, 9.17) is 19.4 Å². The first-order valence-corrected chi connectivity index (χ1v) is 13.2. The van der Waals surface area contributed by atoms with E-state index in [9.17, 15) is 0 Å². The number of thiophene rings is 1. The highest BCUT2D eigenvalue weighted by atomic mass is 32.1.